The van der Waals surface area contributed by atoms with Crippen molar-refractivity contribution >= 4 is 5.82 Å². The van der Waals surface area contributed by atoms with Crippen LogP contribution in [0.3, 0.4) is 0 Å². The van der Waals surface area contributed by atoms with Crippen LogP contribution in [0.2, 0.25) is 0 Å². The second-order valence-corrected chi connectivity index (χ2v) is 5.83. The van der Waals surface area contributed by atoms with E-state index in [1.807, 2.05) is 39.0 Å². The van der Waals surface area contributed by atoms with Gasteiger partial charge in [-0.15, -0.1) is 0 Å². The van der Waals surface area contributed by atoms with Gasteiger partial charge in [-0.3, -0.25) is 13.9 Å². The smallest absolute Gasteiger partial charge is 0.332 e. The number of hydrogen-bond acceptors (Lipinski definition) is 4. The molecule has 2 aromatic rings. The number of benzene rings is 1. The molecule has 0 aliphatic rings. The Morgan fingerprint density at radius 3 is 2.17 bits per heavy atom. The Hall–Kier alpha value is -2.81. The molecule has 1 unspecified atom stereocenters. The fourth-order valence-corrected chi connectivity index (χ4v) is 2.66. The van der Waals surface area contributed by atoms with Crippen LogP contribution in [0.5, 0.6) is 0 Å². The van der Waals surface area contributed by atoms with Crippen LogP contribution < -0.4 is 16.6 Å². The van der Waals surface area contributed by atoms with Crippen molar-refractivity contribution < 1.29 is 0 Å². The number of nitriles is 1. The molecule has 6 nitrogen and oxygen atoms in total. The van der Waals surface area contributed by atoms with E-state index in [-0.39, 0.29) is 17.4 Å². The summed E-state index contributed by atoms with van der Waals surface area (Å²) in [5, 5.41) is 12.4. The molecule has 0 bridgehead atoms. The molecular weight excluding hydrogens is 292 g/mol. The molecule has 0 aliphatic heterocycles. The van der Waals surface area contributed by atoms with Crippen LogP contribution in [0.4, 0.5) is 5.82 Å². The second-order valence-electron chi connectivity index (χ2n) is 5.83. The largest absolute Gasteiger partial charge is 0.364 e. The number of aromatic nitrogens is 2. The van der Waals surface area contributed by atoms with Gasteiger partial charge in [0.2, 0.25) is 0 Å². The Labute approximate surface area is 134 Å². The summed E-state index contributed by atoms with van der Waals surface area (Å²) in [5.41, 5.74) is 2.17. The first-order valence-electron chi connectivity index (χ1n) is 7.31. The number of anilines is 1. The molecule has 0 fully saturated rings. The first-order valence-corrected chi connectivity index (χ1v) is 7.31. The van der Waals surface area contributed by atoms with Crippen molar-refractivity contribution in [2.75, 3.05) is 5.32 Å². The molecule has 6 heteroatoms. The maximum Gasteiger partial charge on any atom is 0.332 e. The summed E-state index contributed by atoms with van der Waals surface area (Å²) in [7, 11) is 2.90. The highest BCUT2D eigenvalue weighted by molar-refractivity contribution is 5.52. The monoisotopic (exact) mass is 312 g/mol. The van der Waals surface area contributed by atoms with E-state index in [4.69, 9.17) is 0 Å². The Kier molecular flexibility index (Phi) is 4.41. The Bertz CT molecular complexity index is 896. The quantitative estimate of drug-likeness (QED) is 0.936. The average Bonchev–Trinajstić information content (AvgIpc) is 2.49. The van der Waals surface area contributed by atoms with E-state index in [9.17, 15) is 14.9 Å². The van der Waals surface area contributed by atoms with Crippen molar-refractivity contribution in [2.24, 2.45) is 14.1 Å². The number of nitrogens with one attached hydrogen (secondary N) is 1. The minimum absolute atomic E-state index is 0.0641. The van der Waals surface area contributed by atoms with Crippen LogP contribution in [-0.4, -0.2) is 9.13 Å². The lowest BCUT2D eigenvalue weighted by Gasteiger charge is -2.20. The first-order chi connectivity index (χ1) is 10.8. The van der Waals surface area contributed by atoms with Crippen molar-refractivity contribution in [1.29, 1.82) is 5.26 Å². The van der Waals surface area contributed by atoms with Crippen LogP contribution >= 0.6 is 0 Å². The third kappa shape index (κ3) is 3.04. The molecule has 0 saturated heterocycles. The number of nitrogens with zero attached hydrogens (tertiary/aromatic N) is 3. The summed E-state index contributed by atoms with van der Waals surface area (Å²) in [5.74, 6) is 0.243. The van der Waals surface area contributed by atoms with E-state index in [1.165, 1.54) is 11.6 Å². The highest BCUT2D eigenvalue weighted by Crippen LogP contribution is 2.21. The maximum atomic E-state index is 12.1. The molecule has 0 aliphatic carbocycles. The summed E-state index contributed by atoms with van der Waals surface area (Å²) < 4.78 is 2.23. The highest BCUT2D eigenvalue weighted by atomic mass is 16.2. The van der Waals surface area contributed by atoms with E-state index in [1.54, 1.807) is 7.05 Å². The zero-order valence-corrected chi connectivity index (χ0v) is 14.0. The van der Waals surface area contributed by atoms with Gasteiger partial charge in [0.05, 0.1) is 0 Å². The zero-order chi connectivity index (χ0) is 17.3. The van der Waals surface area contributed by atoms with Crippen LogP contribution in [0.25, 0.3) is 0 Å². The summed E-state index contributed by atoms with van der Waals surface area (Å²) in [4.78, 5) is 24.2. The molecule has 0 spiro atoms. The predicted octanol–water partition coefficient (Wildman–Crippen LogP) is 1.75. The summed E-state index contributed by atoms with van der Waals surface area (Å²) in [6.07, 6.45) is 0. The molecule has 120 valence electrons. The van der Waals surface area contributed by atoms with Crippen molar-refractivity contribution in [3.05, 3.63) is 61.3 Å². The summed E-state index contributed by atoms with van der Waals surface area (Å²) in [6.45, 7) is 5.95. The minimum atomic E-state index is -0.592. The Morgan fingerprint density at radius 1 is 1.09 bits per heavy atom. The van der Waals surface area contributed by atoms with E-state index in [0.29, 0.717) is 0 Å². The van der Waals surface area contributed by atoms with Crippen LogP contribution in [-0.2, 0) is 14.1 Å². The van der Waals surface area contributed by atoms with E-state index < -0.39 is 11.2 Å². The predicted molar refractivity (Wildman–Crippen MR) is 89.6 cm³/mol. The molecule has 1 aromatic heterocycles. The lowest BCUT2D eigenvalue weighted by Crippen LogP contribution is -2.40. The normalized spacial score (nSPS) is 11.8. The topological polar surface area (TPSA) is 79.8 Å². The van der Waals surface area contributed by atoms with Gasteiger partial charge < -0.3 is 5.32 Å². The molecule has 1 aromatic carbocycles. The third-order valence-electron chi connectivity index (χ3n) is 3.87. The van der Waals surface area contributed by atoms with E-state index in [2.05, 4.69) is 11.4 Å². The van der Waals surface area contributed by atoms with Crippen LogP contribution in [0.1, 0.15) is 35.2 Å². The summed E-state index contributed by atoms with van der Waals surface area (Å²) >= 11 is 0. The lowest BCUT2D eigenvalue weighted by molar-refractivity contribution is 0.678. The van der Waals surface area contributed by atoms with E-state index >= 15 is 0 Å². The fourth-order valence-electron chi connectivity index (χ4n) is 2.66. The van der Waals surface area contributed by atoms with Gasteiger partial charge in [0.1, 0.15) is 11.9 Å². The standard InChI is InChI=1S/C17H20N4O2/c1-10-6-11(2)8-13(7-10)12(3)19-15-14(9-18)16(22)21(5)17(23)20(15)4/h6-8,12,19H,1-5H3. The third-order valence-corrected chi connectivity index (χ3v) is 3.87. The molecule has 1 N–H and O–H groups in total. The molecule has 23 heavy (non-hydrogen) atoms. The van der Waals surface area contributed by atoms with Gasteiger partial charge in [0.15, 0.2) is 5.56 Å². The van der Waals surface area contributed by atoms with Gasteiger partial charge in [-0.05, 0) is 26.3 Å². The Balaban J connectivity index is 2.54. The van der Waals surface area contributed by atoms with E-state index in [0.717, 1.165) is 21.3 Å². The van der Waals surface area contributed by atoms with Crippen molar-refractivity contribution in [2.45, 2.75) is 26.8 Å². The van der Waals surface area contributed by atoms with Crippen molar-refractivity contribution in [1.82, 2.24) is 9.13 Å². The van der Waals surface area contributed by atoms with Gasteiger partial charge in [-0.25, -0.2) is 4.79 Å². The molecule has 2 rings (SSSR count). The van der Waals surface area contributed by atoms with Crippen LogP contribution in [0, 0.1) is 25.2 Å². The highest BCUT2D eigenvalue weighted by Gasteiger charge is 2.17. The van der Waals surface area contributed by atoms with Crippen molar-refractivity contribution in [3.8, 4) is 6.07 Å². The molecule has 1 atom stereocenters. The maximum absolute atomic E-state index is 12.1. The molecule has 1 heterocycles. The molecule has 0 amide bonds. The van der Waals surface area contributed by atoms with Crippen LogP contribution in [0.15, 0.2) is 27.8 Å². The zero-order valence-electron chi connectivity index (χ0n) is 14.0. The van der Waals surface area contributed by atoms with Gasteiger partial charge in [-0.2, -0.15) is 5.26 Å². The molecule has 0 saturated carbocycles. The summed E-state index contributed by atoms with van der Waals surface area (Å²) in [6, 6.07) is 7.89. The van der Waals surface area contributed by atoms with Gasteiger partial charge in [0, 0.05) is 20.1 Å². The minimum Gasteiger partial charge on any atom is -0.364 e. The molecular formula is C17H20N4O2. The number of hydrogen-bond donors (Lipinski definition) is 1. The second kappa shape index (κ2) is 6.13. The van der Waals surface area contributed by atoms with Gasteiger partial charge in [0.25, 0.3) is 5.56 Å². The Morgan fingerprint density at radius 2 is 1.65 bits per heavy atom. The van der Waals surface area contributed by atoms with Gasteiger partial charge >= 0.3 is 5.69 Å². The SMILES string of the molecule is Cc1cc(C)cc(C(C)Nc2c(C#N)c(=O)n(C)c(=O)n2C)c1. The lowest BCUT2D eigenvalue weighted by atomic mass is 10.0. The number of rotatable bonds is 3. The first kappa shape index (κ1) is 16.6. The van der Waals surface area contributed by atoms with Crippen molar-refractivity contribution in [3.63, 3.8) is 0 Å². The number of aryl methyl sites for hydroxylation is 2. The fraction of sp³-hybridized carbons (Fsp3) is 0.353. The average molecular weight is 312 g/mol. The van der Waals surface area contributed by atoms with Gasteiger partial charge in [-0.1, -0.05) is 29.3 Å². The molecule has 0 radical (unpaired) electrons.